The minimum Gasteiger partial charge on any atom is -0.369 e. The second-order valence-corrected chi connectivity index (χ2v) is 11.9. The minimum atomic E-state index is -0.955. The van der Waals surface area contributed by atoms with Gasteiger partial charge in [0.15, 0.2) is 5.78 Å². The Morgan fingerprint density at radius 3 is 2.36 bits per heavy atom. The van der Waals surface area contributed by atoms with Crippen LogP contribution in [-0.2, 0) is 14.3 Å². The molecule has 1 N–H and O–H groups in total. The molecule has 8 nitrogen and oxygen atoms in total. The molecule has 0 spiro atoms. The maximum absolute atomic E-state index is 13.9. The van der Waals surface area contributed by atoms with Gasteiger partial charge in [0.2, 0.25) is 5.91 Å². The van der Waals surface area contributed by atoms with Crippen LogP contribution in [0.2, 0.25) is 0 Å². The fraction of sp³-hybridized carbons (Fsp3) is 0.667. The number of amides is 2. The number of nitrogens with zero attached hydrogens (tertiary/aromatic N) is 3. The molecule has 0 bridgehead atoms. The molecule has 9 heteroatoms. The van der Waals surface area contributed by atoms with Crippen molar-refractivity contribution in [1.82, 2.24) is 15.1 Å². The van der Waals surface area contributed by atoms with Gasteiger partial charge in [0.1, 0.15) is 18.2 Å². The molecule has 0 unspecified atom stereocenters. The van der Waals surface area contributed by atoms with Crippen molar-refractivity contribution in [3.05, 3.63) is 29.8 Å². The largest absolute Gasteiger partial charge is 0.369 e. The zero-order valence-electron chi connectivity index (χ0n) is 21.6. The van der Waals surface area contributed by atoms with Gasteiger partial charge < -0.3 is 19.9 Å². The number of Topliss-reactive ketones (excluding diaryl/α,β-unsaturated/α-hetero) is 1. The molecule has 0 radical (unpaired) electrons. The molecule has 196 valence electrons. The van der Waals surface area contributed by atoms with E-state index in [1.54, 1.807) is 16.7 Å². The van der Waals surface area contributed by atoms with Crippen LogP contribution in [0.25, 0.3) is 0 Å². The van der Waals surface area contributed by atoms with E-state index in [4.69, 9.17) is 4.74 Å². The van der Waals surface area contributed by atoms with Crippen molar-refractivity contribution in [1.29, 1.82) is 0 Å². The first-order valence-electron chi connectivity index (χ1n) is 13.2. The lowest BCUT2D eigenvalue weighted by molar-refractivity contribution is -0.141. The second kappa shape index (κ2) is 10.3. The quantitative estimate of drug-likeness (QED) is 0.623. The molecule has 4 aliphatic rings. The fourth-order valence-corrected chi connectivity index (χ4v) is 7.09. The number of anilines is 1. The van der Waals surface area contributed by atoms with Crippen molar-refractivity contribution in [2.45, 2.75) is 68.5 Å². The monoisotopic (exact) mass is 514 g/mol. The smallest absolute Gasteiger partial charge is 0.252 e. The average molecular weight is 515 g/mol. The molecule has 4 fully saturated rings. The van der Waals surface area contributed by atoms with Crippen molar-refractivity contribution in [3.8, 4) is 0 Å². The third-order valence-electron chi connectivity index (χ3n) is 8.46. The molecule has 0 aromatic heterocycles. The number of nitrogens with one attached hydrogen (secondary N) is 1. The second-order valence-electron chi connectivity index (χ2n) is 10.8. The Bertz CT molecular complexity index is 986. The standard InChI is InChI=1S/C27H38N4O4S/c1-18(2)29-12-14-30(15-13-29)20-8-6-19(7-9-20)25(33)28-27(10-4-5-11-27)26(34)31-16-22(36-3)24-23(31)21(32)17-35-24/h6-9,18,22-24H,4-5,10-17H2,1-3H3,(H,28,33)/t22-,23+,24+/m0/s1. The van der Waals surface area contributed by atoms with Crippen molar-refractivity contribution in [2.75, 3.05) is 50.5 Å². The van der Waals surface area contributed by atoms with E-state index in [9.17, 15) is 14.4 Å². The molecular weight excluding hydrogens is 476 g/mol. The van der Waals surface area contributed by atoms with E-state index in [2.05, 4.69) is 29.0 Å². The lowest BCUT2D eigenvalue weighted by atomic mass is 9.93. The first-order chi connectivity index (χ1) is 17.3. The highest BCUT2D eigenvalue weighted by Crippen LogP contribution is 2.38. The molecule has 1 aromatic rings. The summed E-state index contributed by atoms with van der Waals surface area (Å²) in [6.45, 7) is 9.02. The van der Waals surface area contributed by atoms with Crippen LogP contribution in [0, 0.1) is 0 Å². The number of hydrogen-bond donors (Lipinski definition) is 1. The predicted molar refractivity (Wildman–Crippen MR) is 142 cm³/mol. The summed E-state index contributed by atoms with van der Waals surface area (Å²) >= 11 is 1.63. The van der Waals surface area contributed by atoms with Crippen molar-refractivity contribution in [2.24, 2.45) is 0 Å². The van der Waals surface area contributed by atoms with Gasteiger partial charge in [-0.1, -0.05) is 12.8 Å². The van der Waals surface area contributed by atoms with E-state index >= 15 is 0 Å². The highest BCUT2D eigenvalue weighted by atomic mass is 32.2. The van der Waals surface area contributed by atoms with Crippen LogP contribution in [0.4, 0.5) is 5.69 Å². The Labute approximate surface area is 218 Å². The van der Waals surface area contributed by atoms with Crippen molar-refractivity contribution < 1.29 is 19.1 Å². The molecule has 5 rings (SSSR count). The van der Waals surface area contributed by atoms with Gasteiger partial charge in [-0.05, 0) is 57.2 Å². The van der Waals surface area contributed by atoms with Crippen LogP contribution in [0.5, 0.6) is 0 Å². The SMILES string of the molecule is CS[C@H]1CN(C(=O)C2(NC(=O)c3ccc(N4CCN(C(C)C)CC4)cc3)CCCC2)[C@@H]2C(=O)CO[C@H]12. The summed E-state index contributed by atoms with van der Waals surface area (Å²) in [6.07, 6.45) is 4.70. The van der Waals surface area contributed by atoms with Gasteiger partial charge in [0, 0.05) is 50.0 Å². The van der Waals surface area contributed by atoms with E-state index in [1.165, 1.54) is 0 Å². The van der Waals surface area contributed by atoms with E-state index < -0.39 is 11.6 Å². The van der Waals surface area contributed by atoms with Gasteiger partial charge in [-0.2, -0.15) is 11.8 Å². The van der Waals surface area contributed by atoms with Crippen LogP contribution in [0.1, 0.15) is 49.9 Å². The fourth-order valence-electron chi connectivity index (χ4n) is 6.28. The molecule has 2 amide bonds. The van der Waals surface area contributed by atoms with Gasteiger partial charge in [-0.3, -0.25) is 19.3 Å². The number of carbonyl (C=O) groups is 3. The van der Waals surface area contributed by atoms with Crippen LogP contribution < -0.4 is 10.2 Å². The predicted octanol–water partition coefficient (Wildman–Crippen LogP) is 2.17. The van der Waals surface area contributed by atoms with Gasteiger partial charge in [-0.15, -0.1) is 0 Å². The number of ketones is 1. The summed E-state index contributed by atoms with van der Waals surface area (Å²) in [5.41, 5.74) is 0.719. The van der Waals surface area contributed by atoms with E-state index in [1.807, 2.05) is 30.5 Å². The summed E-state index contributed by atoms with van der Waals surface area (Å²) in [6, 6.07) is 7.76. The number of thioether (sulfide) groups is 1. The first-order valence-corrected chi connectivity index (χ1v) is 14.5. The van der Waals surface area contributed by atoms with Gasteiger partial charge >= 0.3 is 0 Å². The van der Waals surface area contributed by atoms with Gasteiger partial charge in [0.25, 0.3) is 5.91 Å². The number of piperazine rings is 1. The number of rotatable bonds is 6. The van der Waals surface area contributed by atoms with Gasteiger partial charge in [0.05, 0.1) is 11.4 Å². The van der Waals surface area contributed by atoms with E-state index in [0.29, 0.717) is 31.0 Å². The number of ether oxygens (including phenoxy) is 1. The van der Waals surface area contributed by atoms with Gasteiger partial charge in [-0.25, -0.2) is 0 Å². The first kappa shape index (κ1) is 25.5. The molecule has 3 saturated heterocycles. The Morgan fingerprint density at radius 1 is 1.08 bits per heavy atom. The van der Waals surface area contributed by atoms with Crippen molar-refractivity contribution >= 4 is 35.0 Å². The van der Waals surface area contributed by atoms with Crippen LogP contribution in [-0.4, -0.2) is 102 Å². The highest BCUT2D eigenvalue weighted by Gasteiger charge is 2.56. The number of carbonyl (C=O) groups excluding carboxylic acids is 3. The molecule has 3 heterocycles. The zero-order valence-corrected chi connectivity index (χ0v) is 22.4. The maximum Gasteiger partial charge on any atom is 0.252 e. The Hall–Kier alpha value is -2.10. The number of likely N-dealkylation sites (tertiary alicyclic amines) is 1. The topological polar surface area (TPSA) is 82.2 Å². The summed E-state index contributed by atoms with van der Waals surface area (Å²) in [5.74, 6) is -0.389. The third-order valence-corrected chi connectivity index (χ3v) is 9.48. The summed E-state index contributed by atoms with van der Waals surface area (Å²) in [7, 11) is 0. The Morgan fingerprint density at radius 2 is 1.75 bits per heavy atom. The third kappa shape index (κ3) is 4.65. The Balaban J connectivity index is 1.28. The number of benzene rings is 1. The Kier molecular flexibility index (Phi) is 7.34. The zero-order chi connectivity index (χ0) is 25.4. The molecule has 3 atom stereocenters. The molecule has 1 aliphatic carbocycles. The normalized spacial score (nSPS) is 28.1. The molecular formula is C27H38N4O4S. The highest BCUT2D eigenvalue weighted by molar-refractivity contribution is 7.99. The minimum absolute atomic E-state index is 0.0332. The molecule has 1 aromatic carbocycles. The van der Waals surface area contributed by atoms with Crippen LogP contribution in [0.3, 0.4) is 0 Å². The average Bonchev–Trinajstić information content (AvgIpc) is 3.61. The maximum atomic E-state index is 13.9. The van der Waals surface area contributed by atoms with E-state index in [0.717, 1.165) is 44.7 Å². The summed E-state index contributed by atoms with van der Waals surface area (Å²) in [5, 5.41) is 3.20. The number of fused-ring (bicyclic) bond motifs is 1. The van der Waals surface area contributed by atoms with Crippen LogP contribution in [0.15, 0.2) is 24.3 Å². The molecule has 3 aliphatic heterocycles. The number of hydrogen-bond acceptors (Lipinski definition) is 7. The summed E-state index contributed by atoms with van der Waals surface area (Å²) < 4.78 is 5.74. The van der Waals surface area contributed by atoms with Crippen molar-refractivity contribution in [3.63, 3.8) is 0 Å². The van der Waals surface area contributed by atoms with Crippen LogP contribution >= 0.6 is 11.8 Å². The van der Waals surface area contributed by atoms with E-state index in [-0.39, 0.29) is 35.6 Å². The lowest BCUT2D eigenvalue weighted by Crippen LogP contribution is -2.60. The summed E-state index contributed by atoms with van der Waals surface area (Å²) in [4.78, 5) is 46.4. The molecule has 1 saturated carbocycles. The molecule has 36 heavy (non-hydrogen) atoms. The lowest BCUT2D eigenvalue weighted by Gasteiger charge is -2.38.